The van der Waals surface area contributed by atoms with E-state index in [2.05, 4.69) is 15.5 Å². The predicted octanol–water partition coefficient (Wildman–Crippen LogP) is 0.530. The van der Waals surface area contributed by atoms with Crippen molar-refractivity contribution in [2.24, 2.45) is 5.73 Å². The third kappa shape index (κ3) is 1.76. The van der Waals surface area contributed by atoms with Gasteiger partial charge in [0.2, 0.25) is 11.0 Å². The van der Waals surface area contributed by atoms with E-state index in [4.69, 9.17) is 5.73 Å². The van der Waals surface area contributed by atoms with E-state index in [1.807, 2.05) is 6.92 Å². The van der Waals surface area contributed by atoms with Crippen LogP contribution in [-0.2, 0) is 11.2 Å². The largest absolute Gasteiger partial charge is 0.317 e. The number of rotatable bonds is 3. The zero-order valence-corrected chi connectivity index (χ0v) is 8.73. The molecule has 1 heterocycles. The number of carbonyl (C=O) groups is 1. The van der Waals surface area contributed by atoms with Gasteiger partial charge in [-0.3, -0.25) is 10.1 Å². The number of anilines is 1. The van der Waals surface area contributed by atoms with Crippen LogP contribution in [0.2, 0.25) is 0 Å². The molecule has 0 saturated heterocycles. The zero-order valence-electron chi connectivity index (χ0n) is 7.91. The molecule has 14 heavy (non-hydrogen) atoms. The minimum atomic E-state index is -0.641. The highest BCUT2D eigenvalue weighted by atomic mass is 32.1. The van der Waals surface area contributed by atoms with Crippen LogP contribution in [0.15, 0.2) is 0 Å². The Bertz CT molecular complexity index is 358. The molecule has 0 aromatic carbocycles. The van der Waals surface area contributed by atoms with E-state index in [-0.39, 0.29) is 5.91 Å². The maximum absolute atomic E-state index is 11.5. The molecule has 0 radical (unpaired) electrons. The molecular weight excluding hydrogens is 200 g/mol. The van der Waals surface area contributed by atoms with Gasteiger partial charge in [0.15, 0.2) is 0 Å². The van der Waals surface area contributed by atoms with Gasteiger partial charge in [-0.2, -0.15) is 0 Å². The summed E-state index contributed by atoms with van der Waals surface area (Å²) < 4.78 is 0. The summed E-state index contributed by atoms with van der Waals surface area (Å²) in [5.41, 5.74) is 5.08. The summed E-state index contributed by atoms with van der Waals surface area (Å²) >= 11 is 1.40. The first-order chi connectivity index (χ1) is 6.64. The van der Waals surface area contributed by atoms with Crippen LogP contribution >= 0.6 is 11.3 Å². The minimum Gasteiger partial charge on any atom is -0.317 e. The Morgan fingerprint density at radius 2 is 2.36 bits per heavy atom. The first-order valence-electron chi connectivity index (χ1n) is 4.57. The summed E-state index contributed by atoms with van der Waals surface area (Å²) in [7, 11) is 0. The molecule has 0 bridgehead atoms. The molecule has 6 heteroatoms. The van der Waals surface area contributed by atoms with Gasteiger partial charge in [-0.15, -0.1) is 10.2 Å². The minimum absolute atomic E-state index is 0.142. The second-order valence-corrected chi connectivity index (χ2v) is 4.53. The van der Waals surface area contributed by atoms with Gasteiger partial charge in [-0.05, 0) is 19.3 Å². The van der Waals surface area contributed by atoms with Crippen LogP contribution < -0.4 is 11.1 Å². The normalized spacial score (nSPS) is 17.9. The van der Waals surface area contributed by atoms with Crippen molar-refractivity contribution in [2.75, 3.05) is 5.32 Å². The number of carbonyl (C=O) groups excluding carboxylic acids is 1. The van der Waals surface area contributed by atoms with E-state index in [1.54, 1.807) is 0 Å². The van der Waals surface area contributed by atoms with Crippen LogP contribution in [0, 0.1) is 0 Å². The molecule has 3 N–H and O–H groups in total. The van der Waals surface area contributed by atoms with Crippen molar-refractivity contribution in [3.8, 4) is 0 Å². The molecule has 0 unspecified atom stereocenters. The summed E-state index contributed by atoms with van der Waals surface area (Å²) in [6, 6.07) is 0. The van der Waals surface area contributed by atoms with Gasteiger partial charge in [0.05, 0.1) is 5.54 Å². The van der Waals surface area contributed by atoms with Gasteiger partial charge in [0.1, 0.15) is 5.01 Å². The first-order valence-corrected chi connectivity index (χ1v) is 5.38. The van der Waals surface area contributed by atoms with Gasteiger partial charge >= 0.3 is 0 Å². The molecule has 0 spiro atoms. The fraction of sp³-hybridized carbons (Fsp3) is 0.625. The Balaban J connectivity index is 2.00. The summed E-state index contributed by atoms with van der Waals surface area (Å²) in [6.45, 7) is 2.00. The Hall–Kier alpha value is -1.01. The van der Waals surface area contributed by atoms with E-state index >= 15 is 0 Å². The van der Waals surface area contributed by atoms with Crippen LogP contribution in [0.1, 0.15) is 24.8 Å². The van der Waals surface area contributed by atoms with Crippen LogP contribution in [0.4, 0.5) is 5.13 Å². The van der Waals surface area contributed by atoms with Crippen molar-refractivity contribution >= 4 is 22.4 Å². The fourth-order valence-electron chi connectivity index (χ4n) is 1.03. The summed E-state index contributed by atoms with van der Waals surface area (Å²) in [6.07, 6.45) is 2.36. The molecule has 1 aliphatic rings. The van der Waals surface area contributed by atoms with Gasteiger partial charge in [-0.1, -0.05) is 18.3 Å². The maximum Gasteiger partial charge on any atom is 0.246 e. The lowest BCUT2D eigenvalue weighted by atomic mass is 10.3. The molecule has 0 atom stereocenters. The monoisotopic (exact) mass is 212 g/mol. The molecule has 0 aliphatic heterocycles. The second kappa shape index (κ2) is 3.29. The van der Waals surface area contributed by atoms with Crippen LogP contribution in [0.25, 0.3) is 0 Å². The lowest BCUT2D eigenvalue weighted by Crippen LogP contribution is -2.37. The lowest BCUT2D eigenvalue weighted by molar-refractivity contribution is -0.118. The third-order valence-corrected chi connectivity index (χ3v) is 3.21. The van der Waals surface area contributed by atoms with E-state index in [0.717, 1.165) is 24.3 Å². The van der Waals surface area contributed by atoms with Crippen molar-refractivity contribution in [1.82, 2.24) is 10.2 Å². The van der Waals surface area contributed by atoms with E-state index in [1.165, 1.54) is 11.3 Å². The van der Waals surface area contributed by atoms with Gasteiger partial charge in [-0.25, -0.2) is 0 Å². The molecular formula is C8H12N4OS. The van der Waals surface area contributed by atoms with Crippen molar-refractivity contribution in [2.45, 2.75) is 31.7 Å². The van der Waals surface area contributed by atoms with E-state index < -0.39 is 5.54 Å². The number of nitrogens with two attached hydrogens (primary N) is 1. The highest BCUT2D eigenvalue weighted by Crippen LogP contribution is 2.33. The highest BCUT2D eigenvalue weighted by molar-refractivity contribution is 7.15. The number of nitrogens with one attached hydrogen (secondary N) is 1. The van der Waals surface area contributed by atoms with Gasteiger partial charge < -0.3 is 5.73 Å². The predicted molar refractivity (Wildman–Crippen MR) is 54.1 cm³/mol. The molecule has 5 nitrogen and oxygen atoms in total. The third-order valence-electron chi connectivity index (χ3n) is 2.23. The number of nitrogens with zero attached hydrogens (tertiary/aromatic N) is 2. The zero-order chi connectivity index (χ0) is 10.2. The number of hydrogen-bond donors (Lipinski definition) is 2. The Morgan fingerprint density at radius 3 is 2.86 bits per heavy atom. The Kier molecular flexibility index (Phi) is 2.24. The maximum atomic E-state index is 11.5. The second-order valence-electron chi connectivity index (χ2n) is 3.46. The molecule has 1 amide bonds. The molecule has 2 rings (SSSR count). The average molecular weight is 212 g/mol. The summed E-state index contributed by atoms with van der Waals surface area (Å²) in [4.78, 5) is 11.5. The van der Waals surface area contributed by atoms with Crippen molar-refractivity contribution in [3.63, 3.8) is 0 Å². The average Bonchev–Trinajstić information content (AvgIpc) is 2.77. The van der Waals surface area contributed by atoms with Crippen LogP contribution in [0.3, 0.4) is 0 Å². The van der Waals surface area contributed by atoms with Crippen molar-refractivity contribution < 1.29 is 4.79 Å². The Labute approximate surface area is 85.7 Å². The first kappa shape index (κ1) is 9.54. The van der Waals surface area contributed by atoms with E-state index in [9.17, 15) is 4.79 Å². The van der Waals surface area contributed by atoms with Crippen molar-refractivity contribution in [1.29, 1.82) is 0 Å². The van der Waals surface area contributed by atoms with Gasteiger partial charge in [0.25, 0.3) is 0 Å². The van der Waals surface area contributed by atoms with E-state index in [0.29, 0.717) is 5.13 Å². The summed E-state index contributed by atoms with van der Waals surface area (Å²) in [5, 5.41) is 11.9. The number of aryl methyl sites for hydroxylation is 1. The fourth-order valence-corrected chi connectivity index (χ4v) is 1.70. The quantitative estimate of drug-likeness (QED) is 0.765. The molecule has 1 aliphatic carbocycles. The number of hydrogen-bond acceptors (Lipinski definition) is 5. The van der Waals surface area contributed by atoms with Crippen LogP contribution in [0.5, 0.6) is 0 Å². The SMILES string of the molecule is CCc1nnc(NC(=O)C2(N)CC2)s1. The highest BCUT2D eigenvalue weighted by Gasteiger charge is 2.46. The number of amides is 1. The molecule has 1 aromatic rings. The lowest BCUT2D eigenvalue weighted by Gasteiger charge is -2.05. The molecule has 1 aromatic heterocycles. The van der Waals surface area contributed by atoms with Crippen LogP contribution in [-0.4, -0.2) is 21.6 Å². The smallest absolute Gasteiger partial charge is 0.246 e. The molecule has 76 valence electrons. The molecule has 1 saturated carbocycles. The number of aromatic nitrogens is 2. The Morgan fingerprint density at radius 1 is 1.64 bits per heavy atom. The standard InChI is InChI=1S/C8H12N4OS/c1-2-5-11-12-7(14-5)10-6(13)8(9)3-4-8/h2-4,9H2,1H3,(H,10,12,13). The molecule has 1 fully saturated rings. The van der Waals surface area contributed by atoms with Gasteiger partial charge in [0, 0.05) is 0 Å². The topological polar surface area (TPSA) is 80.9 Å². The van der Waals surface area contributed by atoms with Crippen molar-refractivity contribution in [3.05, 3.63) is 5.01 Å². The summed E-state index contributed by atoms with van der Waals surface area (Å²) in [5.74, 6) is -0.142.